The van der Waals surface area contributed by atoms with Gasteiger partial charge in [0, 0.05) is 48.8 Å². The molecule has 3 rings (SSSR count). The predicted molar refractivity (Wildman–Crippen MR) is 168 cm³/mol. The lowest BCUT2D eigenvalue weighted by atomic mass is 9.63. The number of benzene rings is 1. The minimum Gasteiger partial charge on any atom is -0.391 e. The topological polar surface area (TPSA) is 86.9 Å². The van der Waals surface area contributed by atoms with Gasteiger partial charge in [0.1, 0.15) is 11.6 Å². The van der Waals surface area contributed by atoms with Crippen LogP contribution in [0.3, 0.4) is 0 Å². The van der Waals surface area contributed by atoms with Gasteiger partial charge in [-0.05, 0) is 83.9 Å². The molecule has 1 saturated carbocycles. The summed E-state index contributed by atoms with van der Waals surface area (Å²) >= 11 is 0. The average Bonchev–Trinajstić information content (AvgIpc) is 2.92. The van der Waals surface area contributed by atoms with Gasteiger partial charge < -0.3 is 15.7 Å². The molecule has 240 valence electrons. The molecule has 2 aliphatic carbocycles. The van der Waals surface area contributed by atoms with E-state index in [1.165, 1.54) is 18.6 Å². The second-order valence-corrected chi connectivity index (χ2v) is 13.7. The van der Waals surface area contributed by atoms with E-state index >= 15 is 0 Å². The van der Waals surface area contributed by atoms with E-state index in [9.17, 15) is 23.5 Å². The monoisotopic (exact) mass is 601 g/mol. The van der Waals surface area contributed by atoms with Crippen LogP contribution in [0.4, 0.5) is 8.78 Å². The summed E-state index contributed by atoms with van der Waals surface area (Å²) in [5, 5.41) is 12.1. The Hall–Kier alpha value is -2.58. The van der Waals surface area contributed by atoms with Gasteiger partial charge in [0.25, 0.3) is 0 Å². The van der Waals surface area contributed by atoms with Crippen LogP contribution in [0.1, 0.15) is 98.5 Å². The number of hydrogen-bond acceptors (Lipinski definition) is 4. The summed E-state index contributed by atoms with van der Waals surface area (Å²) in [5.41, 5.74) is 6.01. The second kappa shape index (κ2) is 14.9. The van der Waals surface area contributed by atoms with Gasteiger partial charge in [0.2, 0.25) is 11.8 Å². The number of halogens is 2. The molecule has 3 atom stereocenters. The van der Waals surface area contributed by atoms with Gasteiger partial charge in [-0.25, -0.2) is 8.78 Å². The van der Waals surface area contributed by atoms with Crippen LogP contribution in [0.15, 0.2) is 41.5 Å². The maximum absolute atomic E-state index is 14.4. The maximum atomic E-state index is 14.4. The molecule has 0 aromatic heterocycles. The van der Waals surface area contributed by atoms with Crippen LogP contribution in [0, 0.1) is 23.0 Å². The van der Waals surface area contributed by atoms with Gasteiger partial charge in [0.05, 0.1) is 11.5 Å². The maximum Gasteiger partial charge on any atom is 0.249 e. The van der Waals surface area contributed by atoms with E-state index in [0.29, 0.717) is 29.8 Å². The molecule has 2 aliphatic rings. The third kappa shape index (κ3) is 8.75. The largest absolute Gasteiger partial charge is 0.391 e. The molecule has 2 amide bonds. The van der Waals surface area contributed by atoms with Crippen LogP contribution in [0.2, 0.25) is 0 Å². The molecule has 1 fully saturated rings. The number of carbonyl (C=O) groups is 2. The van der Waals surface area contributed by atoms with E-state index in [-0.39, 0.29) is 36.9 Å². The minimum atomic E-state index is -1.44. The van der Waals surface area contributed by atoms with Crippen LogP contribution in [0.5, 0.6) is 0 Å². The van der Waals surface area contributed by atoms with E-state index in [2.05, 4.69) is 25.7 Å². The predicted octanol–water partition coefficient (Wildman–Crippen LogP) is 6.31. The molecular weight excluding hydrogens is 548 g/mol. The summed E-state index contributed by atoms with van der Waals surface area (Å²) in [6.45, 7) is 13.7. The average molecular weight is 602 g/mol. The van der Waals surface area contributed by atoms with E-state index in [1.807, 2.05) is 20.8 Å². The fourth-order valence-electron chi connectivity index (χ4n) is 7.25. The number of hydrogen-bond donors (Lipinski definition) is 2. The molecule has 8 heteroatoms. The molecule has 3 N–H and O–H groups in total. The first-order valence-electron chi connectivity index (χ1n) is 16.1. The van der Waals surface area contributed by atoms with Crippen LogP contribution in [0.25, 0.3) is 0 Å². The number of primary amides is 1. The number of amides is 2. The number of β-amino-alcohol motifs (C(OH)–C–C–N with tert-alkyl or cyclic N) is 1. The van der Waals surface area contributed by atoms with Crippen LogP contribution in [-0.2, 0) is 16.0 Å². The second-order valence-electron chi connectivity index (χ2n) is 13.7. The number of aliphatic hydroxyl groups excluding tert-OH is 1. The number of allylic oxidation sites excluding steroid dienone is 2. The van der Waals surface area contributed by atoms with Crippen molar-refractivity contribution in [1.29, 1.82) is 0 Å². The van der Waals surface area contributed by atoms with Crippen molar-refractivity contribution >= 4 is 11.8 Å². The van der Waals surface area contributed by atoms with Crippen molar-refractivity contribution in [2.75, 3.05) is 19.6 Å². The minimum absolute atomic E-state index is 0.0142. The molecule has 1 aromatic rings. The highest BCUT2D eigenvalue weighted by Gasteiger charge is 2.49. The molecule has 0 bridgehead atoms. The molecule has 1 unspecified atom stereocenters. The summed E-state index contributed by atoms with van der Waals surface area (Å²) < 4.78 is 28.8. The summed E-state index contributed by atoms with van der Waals surface area (Å²) in [6, 6.07) is 3.57. The smallest absolute Gasteiger partial charge is 0.249 e. The lowest BCUT2D eigenvalue weighted by molar-refractivity contribution is -0.133. The van der Waals surface area contributed by atoms with Crippen molar-refractivity contribution in [1.82, 2.24) is 9.80 Å². The van der Waals surface area contributed by atoms with Gasteiger partial charge in [-0.3, -0.25) is 14.5 Å². The van der Waals surface area contributed by atoms with Crippen LogP contribution in [-0.4, -0.2) is 64.0 Å². The summed E-state index contributed by atoms with van der Waals surface area (Å²) in [4.78, 5) is 31.5. The number of aliphatic hydroxyl groups is 1. The molecule has 1 aromatic carbocycles. The van der Waals surface area contributed by atoms with E-state index in [0.717, 1.165) is 44.6 Å². The van der Waals surface area contributed by atoms with E-state index < -0.39 is 35.0 Å². The lowest BCUT2D eigenvalue weighted by Crippen LogP contribution is -2.56. The summed E-state index contributed by atoms with van der Waals surface area (Å²) in [6.07, 6.45) is 9.60. The third-order valence-corrected chi connectivity index (χ3v) is 9.14. The van der Waals surface area contributed by atoms with Gasteiger partial charge in [-0.2, -0.15) is 0 Å². The zero-order chi connectivity index (χ0) is 31.9. The van der Waals surface area contributed by atoms with Gasteiger partial charge in [-0.15, -0.1) is 0 Å². The standard InChI is InChI=1S/C35H53F2N3O3/c1-7-14-39(15-8-2)32(42)26-16-24(3)21-35(22-26,33(38)43)30(19-25-17-27(36)20-28(37)18-25)31(41)23-40(34(4,5)6)29-12-10-9-11-13-29/h16-18,20-21,29-31,41H,7-15,19,22-23H2,1-6H3,(H2,38,43)/t30-,31+,35?/m1/s1. The highest BCUT2D eigenvalue weighted by Crippen LogP contribution is 2.45. The Kier molecular flexibility index (Phi) is 12.1. The normalized spacial score (nSPS) is 21.3. The molecule has 0 aliphatic heterocycles. The molecule has 0 radical (unpaired) electrons. The molecule has 43 heavy (non-hydrogen) atoms. The molecule has 0 saturated heterocycles. The summed E-state index contributed by atoms with van der Waals surface area (Å²) in [5.74, 6) is -3.10. The zero-order valence-electron chi connectivity index (χ0n) is 27.1. The Morgan fingerprint density at radius 2 is 1.63 bits per heavy atom. The molecule has 0 heterocycles. The Bertz CT molecular complexity index is 1160. The Balaban J connectivity index is 2.10. The number of rotatable bonds is 13. The van der Waals surface area contributed by atoms with Gasteiger partial charge >= 0.3 is 0 Å². The van der Waals surface area contributed by atoms with Crippen molar-refractivity contribution in [3.05, 3.63) is 58.7 Å². The third-order valence-electron chi connectivity index (χ3n) is 9.14. The van der Waals surface area contributed by atoms with Crippen LogP contribution >= 0.6 is 0 Å². The zero-order valence-corrected chi connectivity index (χ0v) is 27.1. The highest BCUT2D eigenvalue weighted by atomic mass is 19.1. The Morgan fingerprint density at radius 3 is 2.14 bits per heavy atom. The van der Waals surface area contributed by atoms with Crippen molar-refractivity contribution < 1.29 is 23.5 Å². The van der Waals surface area contributed by atoms with Gasteiger partial charge in [0.15, 0.2) is 0 Å². The van der Waals surface area contributed by atoms with Crippen LogP contribution < -0.4 is 5.73 Å². The molecule has 6 nitrogen and oxygen atoms in total. The number of nitrogens with zero attached hydrogens (tertiary/aromatic N) is 2. The number of nitrogens with two attached hydrogens (primary N) is 1. The Morgan fingerprint density at radius 1 is 1.05 bits per heavy atom. The number of carbonyl (C=O) groups excluding carboxylic acids is 2. The first kappa shape index (κ1) is 34.9. The van der Waals surface area contributed by atoms with Crippen molar-refractivity contribution in [2.24, 2.45) is 17.1 Å². The first-order valence-corrected chi connectivity index (χ1v) is 16.1. The lowest BCUT2D eigenvalue weighted by Gasteiger charge is -2.47. The van der Waals surface area contributed by atoms with E-state index in [1.54, 1.807) is 17.1 Å². The highest BCUT2D eigenvalue weighted by molar-refractivity contribution is 5.96. The molecular formula is C35H53F2N3O3. The Labute approximate surface area is 257 Å². The van der Waals surface area contributed by atoms with Crippen molar-refractivity contribution in [2.45, 2.75) is 117 Å². The van der Waals surface area contributed by atoms with Gasteiger partial charge in [-0.1, -0.05) is 50.8 Å². The van der Waals surface area contributed by atoms with Crippen molar-refractivity contribution in [3.8, 4) is 0 Å². The first-order chi connectivity index (χ1) is 20.2. The molecule has 0 spiro atoms. The fourth-order valence-corrected chi connectivity index (χ4v) is 7.25. The summed E-state index contributed by atoms with van der Waals surface area (Å²) in [7, 11) is 0. The fraction of sp³-hybridized carbons (Fsp3) is 0.657. The van der Waals surface area contributed by atoms with Crippen molar-refractivity contribution in [3.63, 3.8) is 0 Å². The SMILES string of the molecule is CCCN(CCC)C(=O)C1=CC(C)=CC(C(N)=O)([C@H](Cc2cc(F)cc(F)c2)[C@@H](O)CN(C2CCCCC2)C(C)(C)C)C1. The van der Waals surface area contributed by atoms with E-state index in [4.69, 9.17) is 5.73 Å². The quantitative estimate of drug-likeness (QED) is 0.277.